The number of halogens is 1. The van der Waals surface area contributed by atoms with Crippen LogP contribution in [0.25, 0.3) is 53.9 Å². The van der Waals surface area contributed by atoms with E-state index in [1.54, 1.807) is 6.07 Å². The van der Waals surface area contributed by atoms with Crippen LogP contribution >= 0.6 is 15.9 Å². The van der Waals surface area contributed by atoms with Crippen LogP contribution < -0.4 is 10.9 Å². The van der Waals surface area contributed by atoms with E-state index in [-0.39, 0.29) is 0 Å². The second kappa shape index (κ2) is 5.02. The summed E-state index contributed by atoms with van der Waals surface area (Å²) in [6, 6.07) is 22.4. The Morgan fingerprint density at radius 2 is 1.26 bits per heavy atom. The van der Waals surface area contributed by atoms with Gasteiger partial charge < -0.3 is 0 Å². The maximum atomic E-state index is 13.1. The number of fused-ring (bicyclic) bond motifs is 5. The maximum absolute atomic E-state index is 13.1. The standard InChI is InChI=1S/C24H11BrO2/c25-18-11-17-16-7-3-5-12-8-9-14-10-13-4-1-2-6-15(13)21(20(14)19(12)16)22(17)24(27)23(18)26/h1-11H. The predicted molar refractivity (Wildman–Crippen MR) is 117 cm³/mol. The van der Waals surface area contributed by atoms with Gasteiger partial charge in [-0.05, 0) is 71.2 Å². The Balaban J connectivity index is 2.18. The van der Waals surface area contributed by atoms with Crippen LogP contribution in [0.3, 0.4) is 0 Å². The molecule has 0 heterocycles. The first-order valence-corrected chi connectivity index (χ1v) is 9.53. The minimum absolute atomic E-state index is 0.319. The molecule has 6 aromatic carbocycles. The molecule has 6 aromatic rings. The van der Waals surface area contributed by atoms with Crippen molar-refractivity contribution in [2.45, 2.75) is 0 Å². The zero-order chi connectivity index (χ0) is 18.3. The van der Waals surface area contributed by atoms with Gasteiger partial charge in [0.05, 0.1) is 4.47 Å². The highest BCUT2D eigenvalue weighted by Crippen LogP contribution is 2.42. The molecule has 0 amide bonds. The van der Waals surface area contributed by atoms with E-state index in [2.05, 4.69) is 46.3 Å². The van der Waals surface area contributed by atoms with Crippen molar-refractivity contribution in [1.29, 1.82) is 0 Å². The van der Waals surface area contributed by atoms with Gasteiger partial charge in [-0.3, -0.25) is 9.59 Å². The fourth-order valence-electron chi connectivity index (χ4n) is 4.49. The number of hydrogen-bond donors (Lipinski definition) is 0. The van der Waals surface area contributed by atoms with Crippen LogP contribution in [0.5, 0.6) is 0 Å². The van der Waals surface area contributed by atoms with Gasteiger partial charge in [0.2, 0.25) is 10.9 Å². The molecule has 0 N–H and O–H groups in total. The van der Waals surface area contributed by atoms with Crippen molar-refractivity contribution in [3.63, 3.8) is 0 Å². The highest BCUT2D eigenvalue weighted by atomic mass is 79.9. The van der Waals surface area contributed by atoms with Gasteiger partial charge in [-0.25, -0.2) is 0 Å². The molecule has 0 spiro atoms. The Hall–Kier alpha value is -3.04. The van der Waals surface area contributed by atoms with E-state index in [1.807, 2.05) is 30.3 Å². The van der Waals surface area contributed by atoms with Crippen molar-refractivity contribution >= 4 is 69.8 Å². The van der Waals surface area contributed by atoms with E-state index in [4.69, 9.17) is 0 Å². The molecule has 0 radical (unpaired) electrons. The Kier molecular flexibility index (Phi) is 2.80. The van der Waals surface area contributed by atoms with Crippen LogP contribution in [0.4, 0.5) is 0 Å². The van der Waals surface area contributed by atoms with Crippen molar-refractivity contribution in [1.82, 2.24) is 0 Å². The van der Waals surface area contributed by atoms with Crippen LogP contribution in [0, 0.1) is 0 Å². The summed E-state index contributed by atoms with van der Waals surface area (Å²) in [5.41, 5.74) is -0.926. The molecule has 0 aromatic heterocycles. The first-order chi connectivity index (χ1) is 13.1. The van der Waals surface area contributed by atoms with Gasteiger partial charge in [-0.15, -0.1) is 0 Å². The zero-order valence-corrected chi connectivity index (χ0v) is 15.6. The lowest BCUT2D eigenvalue weighted by molar-refractivity contribution is 1.51. The highest BCUT2D eigenvalue weighted by molar-refractivity contribution is 9.10. The fraction of sp³-hybridized carbons (Fsp3) is 0. The van der Waals surface area contributed by atoms with E-state index in [0.717, 1.165) is 48.5 Å². The lowest BCUT2D eigenvalue weighted by Crippen LogP contribution is -2.24. The highest BCUT2D eigenvalue weighted by Gasteiger charge is 2.19. The molecule has 3 heteroatoms. The SMILES string of the molecule is O=c1c(Br)cc2c3cccc4ccc5cc6ccccc6c(c2c1=O)c5c43. The van der Waals surface area contributed by atoms with Crippen molar-refractivity contribution in [3.05, 3.63) is 91.6 Å². The van der Waals surface area contributed by atoms with E-state index in [9.17, 15) is 9.59 Å². The third-order valence-electron chi connectivity index (χ3n) is 5.60. The molecule has 0 aliphatic rings. The van der Waals surface area contributed by atoms with E-state index >= 15 is 0 Å². The molecule has 0 unspecified atom stereocenters. The van der Waals surface area contributed by atoms with Crippen molar-refractivity contribution < 1.29 is 0 Å². The molecule has 0 bridgehead atoms. The first kappa shape index (κ1) is 15.1. The van der Waals surface area contributed by atoms with E-state index in [1.165, 1.54) is 0 Å². The molecule has 0 aliphatic carbocycles. The molecular formula is C24H11BrO2. The van der Waals surface area contributed by atoms with E-state index < -0.39 is 10.9 Å². The van der Waals surface area contributed by atoms with Gasteiger partial charge >= 0.3 is 0 Å². The molecule has 27 heavy (non-hydrogen) atoms. The summed E-state index contributed by atoms with van der Waals surface area (Å²) >= 11 is 3.29. The molecule has 0 saturated carbocycles. The van der Waals surface area contributed by atoms with Crippen LogP contribution in [0.1, 0.15) is 0 Å². The molecule has 0 aliphatic heterocycles. The summed E-state index contributed by atoms with van der Waals surface area (Å²) in [6.45, 7) is 0. The molecule has 126 valence electrons. The summed E-state index contributed by atoms with van der Waals surface area (Å²) in [4.78, 5) is 25.6. The van der Waals surface area contributed by atoms with E-state index in [0.29, 0.717) is 9.86 Å². The first-order valence-electron chi connectivity index (χ1n) is 8.73. The average Bonchev–Trinajstić information content (AvgIpc) is 2.70. The van der Waals surface area contributed by atoms with Crippen molar-refractivity contribution in [2.24, 2.45) is 0 Å². The van der Waals surface area contributed by atoms with Crippen molar-refractivity contribution in [2.75, 3.05) is 0 Å². The summed E-state index contributed by atoms with van der Waals surface area (Å²) < 4.78 is 0.319. The van der Waals surface area contributed by atoms with Crippen molar-refractivity contribution in [3.8, 4) is 0 Å². The monoisotopic (exact) mass is 410 g/mol. The number of benzene rings is 6. The molecule has 0 saturated heterocycles. The number of rotatable bonds is 0. The zero-order valence-electron chi connectivity index (χ0n) is 14.0. The largest absolute Gasteiger partial charge is 0.285 e. The topological polar surface area (TPSA) is 34.1 Å². The fourth-order valence-corrected chi connectivity index (χ4v) is 4.90. The normalized spacial score (nSPS) is 12.2. The van der Waals surface area contributed by atoms with Gasteiger partial charge in [-0.1, -0.05) is 54.6 Å². The second-order valence-electron chi connectivity index (χ2n) is 6.98. The summed E-state index contributed by atoms with van der Waals surface area (Å²) in [6.07, 6.45) is 0. The average molecular weight is 411 g/mol. The van der Waals surface area contributed by atoms with Crippen LogP contribution in [0.2, 0.25) is 0 Å². The summed E-state index contributed by atoms with van der Waals surface area (Å²) in [5.74, 6) is 0. The second-order valence-corrected chi connectivity index (χ2v) is 7.83. The Bertz CT molecular complexity index is 1670. The Morgan fingerprint density at radius 3 is 2.15 bits per heavy atom. The molecule has 6 rings (SSSR count). The third kappa shape index (κ3) is 1.80. The van der Waals surface area contributed by atoms with Crippen LogP contribution in [0.15, 0.2) is 80.8 Å². The van der Waals surface area contributed by atoms with Crippen LogP contribution in [-0.2, 0) is 0 Å². The molecule has 0 fully saturated rings. The van der Waals surface area contributed by atoms with Gasteiger partial charge in [0.1, 0.15) is 0 Å². The van der Waals surface area contributed by atoms with Gasteiger partial charge in [0.25, 0.3) is 0 Å². The lowest BCUT2D eigenvalue weighted by atomic mass is 9.86. The minimum atomic E-state index is -0.485. The molecule has 0 atom stereocenters. The Labute approximate surface area is 161 Å². The molecular weight excluding hydrogens is 400 g/mol. The molecule has 2 nitrogen and oxygen atoms in total. The Morgan fingerprint density at radius 1 is 0.519 bits per heavy atom. The summed E-state index contributed by atoms with van der Waals surface area (Å²) in [7, 11) is 0. The lowest BCUT2D eigenvalue weighted by Gasteiger charge is -2.16. The minimum Gasteiger partial charge on any atom is -0.285 e. The van der Waals surface area contributed by atoms with Gasteiger partial charge in [0.15, 0.2) is 0 Å². The predicted octanol–water partition coefficient (Wildman–Crippen LogP) is 5.81. The maximum Gasteiger partial charge on any atom is 0.240 e. The number of hydrogen-bond acceptors (Lipinski definition) is 2. The smallest absolute Gasteiger partial charge is 0.240 e. The third-order valence-corrected chi connectivity index (χ3v) is 6.19. The summed E-state index contributed by atoms with van der Waals surface area (Å²) in [5, 5.41) is 9.75. The van der Waals surface area contributed by atoms with Crippen LogP contribution in [-0.4, -0.2) is 0 Å². The quantitative estimate of drug-likeness (QED) is 0.180. The van der Waals surface area contributed by atoms with Gasteiger partial charge in [0, 0.05) is 10.8 Å². The van der Waals surface area contributed by atoms with Gasteiger partial charge in [-0.2, -0.15) is 0 Å².